The molecule has 0 aromatic heterocycles. The zero-order valence-corrected chi connectivity index (χ0v) is 16.4. The van der Waals surface area contributed by atoms with Crippen molar-refractivity contribution < 1.29 is 19.8 Å². The maximum absolute atomic E-state index is 12.7. The van der Waals surface area contributed by atoms with E-state index in [-0.39, 0.29) is 31.4 Å². The van der Waals surface area contributed by atoms with E-state index in [1.54, 1.807) is 6.08 Å². The molecule has 1 fully saturated rings. The molecule has 0 spiro atoms. The van der Waals surface area contributed by atoms with Gasteiger partial charge in [-0.1, -0.05) is 49.2 Å². The Labute approximate surface area is 167 Å². The first-order valence-electron chi connectivity index (χ1n) is 10.00. The minimum atomic E-state index is -0.556. The molecule has 0 saturated heterocycles. The first-order chi connectivity index (χ1) is 13.5. The minimum Gasteiger partial charge on any atom is -0.394 e. The second-order valence-corrected chi connectivity index (χ2v) is 7.70. The van der Waals surface area contributed by atoms with Gasteiger partial charge in [0.25, 0.3) is 0 Å². The summed E-state index contributed by atoms with van der Waals surface area (Å²) in [4.78, 5) is 25.2. The Balaban J connectivity index is 1.94. The molecule has 0 heterocycles. The van der Waals surface area contributed by atoms with Crippen molar-refractivity contribution >= 4 is 11.8 Å². The number of aliphatic hydroxyl groups is 2. The van der Waals surface area contributed by atoms with Crippen LogP contribution in [-0.2, 0) is 16.0 Å². The summed E-state index contributed by atoms with van der Waals surface area (Å²) in [5.74, 6) is -1.06. The Kier molecular flexibility index (Phi) is 8.67. The summed E-state index contributed by atoms with van der Waals surface area (Å²) in [5.41, 5.74) is 0.471. The van der Waals surface area contributed by atoms with E-state index in [2.05, 4.69) is 17.2 Å². The fourth-order valence-corrected chi connectivity index (χ4v) is 3.81. The number of carbonyl (C=O) groups is 2. The molecule has 0 radical (unpaired) electrons. The predicted molar refractivity (Wildman–Crippen MR) is 109 cm³/mol. The van der Waals surface area contributed by atoms with Crippen molar-refractivity contribution in [3.05, 3.63) is 48.6 Å². The van der Waals surface area contributed by atoms with E-state index in [9.17, 15) is 19.8 Å². The monoisotopic (exact) mass is 388 g/mol. The Bertz CT molecular complexity index is 641. The molecule has 1 aromatic carbocycles. The lowest BCUT2D eigenvalue weighted by atomic mass is 9.95. The van der Waals surface area contributed by atoms with Gasteiger partial charge in [-0.05, 0) is 31.2 Å². The number of hydrogen-bond acceptors (Lipinski definition) is 4. The normalized spacial score (nSPS) is 17.5. The average Bonchev–Trinajstić information content (AvgIpc) is 3.16. The van der Waals surface area contributed by atoms with Crippen LogP contribution in [0.3, 0.4) is 0 Å². The number of nitrogens with one attached hydrogen (secondary N) is 2. The lowest BCUT2D eigenvalue weighted by molar-refractivity contribution is -0.132. The Morgan fingerprint density at radius 1 is 1.18 bits per heavy atom. The molecule has 6 heteroatoms. The molecule has 1 aliphatic carbocycles. The van der Waals surface area contributed by atoms with Gasteiger partial charge in [0, 0.05) is 6.42 Å². The highest BCUT2D eigenvalue weighted by molar-refractivity contribution is 5.86. The molecule has 4 N–H and O–H groups in total. The van der Waals surface area contributed by atoms with Crippen LogP contribution < -0.4 is 10.6 Å². The van der Waals surface area contributed by atoms with E-state index in [0.29, 0.717) is 12.8 Å². The van der Waals surface area contributed by atoms with Gasteiger partial charge in [0.05, 0.1) is 30.7 Å². The maximum atomic E-state index is 12.7. The van der Waals surface area contributed by atoms with Crippen LogP contribution in [0.5, 0.6) is 0 Å². The fraction of sp³-hybridized carbons (Fsp3) is 0.545. The number of rotatable bonds is 11. The molecule has 0 unspecified atom stereocenters. The highest BCUT2D eigenvalue weighted by atomic mass is 16.3. The van der Waals surface area contributed by atoms with E-state index >= 15 is 0 Å². The number of benzene rings is 1. The van der Waals surface area contributed by atoms with Gasteiger partial charge in [0.1, 0.15) is 0 Å². The van der Waals surface area contributed by atoms with Crippen LogP contribution in [0.2, 0.25) is 0 Å². The zero-order valence-electron chi connectivity index (χ0n) is 16.4. The highest BCUT2D eigenvalue weighted by Crippen LogP contribution is 2.29. The molecule has 2 rings (SSSR count). The molecule has 28 heavy (non-hydrogen) atoms. The molecule has 1 saturated carbocycles. The van der Waals surface area contributed by atoms with Gasteiger partial charge in [-0.25, -0.2) is 0 Å². The summed E-state index contributed by atoms with van der Waals surface area (Å²) in [6.07, 6.45) is 6.03. The van der Waals surface area contributed by atoms with Crippen molar-refractivity contribution in [1.82, 2.24) is 10.6 Å². The van der Waals surface area contributed by atoms with E-state index in [4.69, 9.17) is 0 Å². The molecule has 1 aliphatic rings. The summed E-state index contributed by atoms with van der Waals surface area (Å²) < 4.78 is 0. The van der Waals surface area contributed by atoms with Gasteiger partial charge in [-0.2, -0.15) is 0 Å². The molecule has 1 aromatic rings. The van der Waals surface area contributed by atoms with Crippen molar-refractivity contribution in [2.45, 2.75) is 56.5 Å². The van der Waals surface area contributed by atoms with Crippen molar-refractivity contribution in [3.63, 3.8) is 0 Å². The van der Waals surface area contributed by atoms with Crippen LogP contribution in [0.25, 0.3) is 0 Å². The third-order valence-corrected chi connectivity index (χ3v) is 5.41. The van der Waals surface area contributed by atoms with Crippen LogP contribution in [0.1, 0.15) is 44.1 Å². The number of carbonyl (C=O) groups excluding carboxylic acids is 2. The second kappa shape index (κ2) is 11.0. The minimum absolute atomic E-state index is 0.0308. The van der Waals surface area contributed by atoms with E-state index in [1.807, 2.05) is 30.3 Å². The first-order valence-corrected chi connectivity index (χ1v) is 10.00. The van der Waals surface area contributed by atoms with Crippen LogP contribution >= 0.6 is 0 Å². The topological polar surface area (TPSA) is 98.7 Å². The number of hydrogen-bond donors (Lipinski definition) is 4. The highest BCUT2D eigenvalue weighted by Gasteiger charge is 2.35. The van der Waals surface area contributed by atoms with Gasteiger partial charge in [0.15, 0.2) is 0 Å². The van der Waals surface area contributed by atoms with E-state index in [0.717, 1.165) is 31.2 Å². The molecular weight excluding hydrogens is 356 g/mol. The smallest absolute Gasteiger partial charge is 0.224 e. The number of aliphatic hydroxyl groups excluding tert-OH is 2. The van der Waals surface area contributed by atoms with Crippen LogP contribution in [0, 0.1) is 5.92 Å². The van der Waals surface area contributed by atoms with Gasteiger partial charge in [-0.15, -0.1) is 6.58 Å². The van der Waals surface area contributed by atoms with Crippen molar-refractivity contribution in [1.29, 1.82) is 0 Å². The van der Waals surface area contributed by atoms with Gasteiger partial charge < -0.3 is 20.8 Å². The average molecular weight is 389 g/mol. The third kappa shape index (κ3) is 6.46. The predicted octanol–water partition coefficient (Wildman–Crippen LogP) is 1.71. The molecule has 154 valence electrons. The Morgan fingerprint density at radius 3 is 2.43 bits per heavy atom. The van der Waals surface area contributed by atoms with Crippen molar-refractivity contribution in [2.24, 2.45) is 5.92 Å². The van der Waals surface area contributed by atoms with Crippen LogP contribution in [0.4, 0.5) is 0 Å². The Hall–Kier alpha value is -2.18. The van der Waals surface area contributed by atoms with Crippen LogP contribution in [-0.4, -0.2) is 46.8 Å². The summed E-state index contributed by atoms with van der Waals surface area (Å²) in [6, 6.07) is 9.22. The van der Waals surface area contributed by atoms with E-state index in [1.165, 1.54) is 0 Å². The van der Waals surface area contributed by atoms with Gasteiger partial charge in [0.2, 0.25) is 11.8 Å². The SMILES string of the molecule is C=CC[C@H](CC(=O)NC1(CO)CCCC1)C(=O)N[C@@H](CO)Cc1ccccc1. The van der Waals surface area contributed by atoms with Crippen LogP contribution in [0.15, 0.2) is 43.0 Å². The van der Waals surface area contributed by atoms with Crippen molar-refractivity contribution in [2.75, 3.05) is 13.2 Å². The van der Waals surface area contributed by atoms with E-state index < -0.39 is 17.5 Å². The lowest BCUT2D eigenvalue weighted by Crippen LogP contribution is -2.50. The first kappa shape index (κ1) is 22.1. The molecule has 6 nitrogen and oxygen atoms in total. The Morgan fingerprint density at radius 2 is 1.86 bits per heavy atom. The molecule has 0 bridgehead atoms. The van der Waals surface area contributed by atoms with Gasteiger partial charge in [-0.3, -0.25) is 9.59 Å². The quantitative estimate of drug-likeness (QED) is 0.434. The summed E-state index contributed by atoms with van der Waals surface area (Å²) in [6.45, 7) is 3.43. The number of amides is 2. The van der Waals surface area contributed by atoms with Gasteiger partial charge >= 0.3 is 0 Å². The zero-order chi connectivity index (χ0) is 20.4. The number of allylic oxidation sites excluding steroid dienone is 1. The third-order valence-electron chi connectivity index (χ3n) is 5.41. The molecular formula is C22H32N2O4. The largest absolute Gasteiger partial charge is 0.394 e. The fourth-order valence-electron chi connectivity index (χ4n) is 3.81. The lowest BCUT2D eigenvalue weighted by Gasteiger charge is -2.29. The summed E-state index contributed by atoms with van der Waals surface area (Å²) in [7, 11) is 0. The van der Waals surface area contributed by atoms with Crippen molar-refractivity contribution in [3.8, 4) is 0 Å². The molecule has 2 amide bonds. The summed E-state index contributed by atoms with van der Waals surface area (Å²) in [5, 5.41) is 25.1. The summed E-state index contributed by atoms with van der Waals surface area (Å²) >= 11 is 0. The molecule has 2 atom stereocenters. The standard InChI is InChI=1S/C22H32N2O4/c1-2-8-18(14-20(27)24-22(16-26)11-6-7-12-22)21(28)23-19(15-25)13-17-9-4-3-5-10-17/h2-5,9-10,18-19,25-26H,1,6-8,11-16H2,(H,23,28)(H,24,27)/t18-,19-/m1/s1. The molecule has 0 aliphatic heterocycles. The second-order valence-electron chi connectivity index (χ2n) is 7.70. The maximum Gasteiger partial charge on any atom is 0.224 e.